The molecule has 0 aliphatic carbocycles. The lowest BCUT2D eigenvalue weighted by atomic mass is 10.1. The Bertz CT molecular complexity index is 394. The third-order valence-electron chi connectivity index (χ3n) is 3.64. The van der Waals surface area contributed by atoms with Gasteiger partial charge in [-0.1, -0.05) is 30.3 Å². The first-order valence-corrected chi connectivity index (χ1v) is 6.95. The van der Waals surface area contributed by atoms with Crippen molar-refractivity contribution in [1.29, 1.82) is 0 Å². The Labute approximate surface area is 114 Å². The van der Waals surface area contributed by atoms with Crippen LogP contribution < -0.4 is 5.32 Å². The quantitative estimate of drug-likeness (QED) is 0.797. The summed E-state index contributed by atoms with van der Waals surface area (Å²) in [5.41, 5.74) is 1.23. The molecule has 1 atom stereocenters. The number of nitrogens with zero attached hydrogens (tertiary/aromatic N) is 1. The van der Waals surface area contributed by atoms with Crippen molar-refractivity contribution in [2.24, 2.45) is 0 Å². The molecule has 1 aromatic carbocycles. The molecule has 104 valence electrons. The maximum atomic E-state index is 11.8. The van der Waals surface area contributed by atoms with E-state index in [2.05, 4.69) is 22.3 Å². The van der Waals surface area contributed by atoms with E-state index in [0.29, 0.717) is 13.1 Å². The van der Waals surface area contributed by atoms with Gasteiger partial charge in [-0.2, -0.15) is 0 Å². The second-order valence-electron chi connectivity index (χ2n) is 5.03. The zero-order valence-electron chi connectivity index (χ0n) is 11.2. The molecule has 1 heterocycles. The van der Waals surface area contributed by atoms with Gasteiger partial charge in [0.25, 0.3) is 0 Å². The minimum absolute atomic E-state index is 0.0521. The molecule has 0 spiro atoms. The van der Waals surface area contributed by atoms with Gasteiger partial charge in [-0.15, -0.1) is 0 Å². The number of amides is 1. The van der Waals surface area contributed by atoms with Gasteiger partial charge in [0.05, 0.1) is 13.2 Å². The minimum atomic E-state index is 0.0521. The van der Waals surface area contributed by atoms with E-state index in [1.165, 1.54) is 5.56 Å². The fourth-order valence-corrected chi connectivity index (χ4v) is 2.54. The summed E-state index contributed by atoms with van der Waals surface area (Å²) >= 11 is 0. The number of carbonyl (C=O) groups is 1. The van der Waals surface area contributed by atoms with Gasteiger partial charge < -0.3 is 10.4 Å². The number of aliphatic hydroxyl groups is 1. The van der Waals surface area contributed by atoms with E-state index in [4.69, 9.17) is 0 Å². The standard InChI is InChI=1S/C15H22N2O2/c18-12-14-7-4-10-17(14)11-15(19)16-9-8-13-5-2-1-3-6-13/h1-3,5-6,14,18H,4,7-12H2,(H,16,19). The van der Waals surface area contributed by atoms with Gasteiger partial charge >= 0.3 is 0 Å². The maximum Gasteiger partial charge on any atom is 0.234 e. The smallest absolute Gasteiger partial charge is 0.234 e. The summed E-state index contributed by atoms with van der Waals surface area (Å²) in [5, 5.41) is 12.1. The fraction of sp³-hybridized carbons (Fsp3) is 0.533. The molecule has 0 radical (unpaired) electrons. The molecule has 0 aromatic heterocycles. The lowest BCUT2D eigenvalue weighted by Gasteiger charge is -2.21. The Kier molecular flexibility index (Phi) is 5.36. The number of aliphatic hydroxyl groups excluding tert-OH is 1. The van der Waals surface area contributed by atoms with Crippen molar-refractivity contribution in [2.75, 3.05) is 26.2 Å². The van der Waals surface area contributed by atoms with Crippen LogP contribution in [0, 0.1) is 0 Å². The van der Waals surface area contributed by atoms with Crippen LogP contribution in [0.3, 0.4) is 0 Å². The fourth-order valence-electron chi connectivity index (χ4n) is 2.54. The third kappa shape index (κ3) is 4.33. The van der Waals surface area contributed by atoms with E-state index in [-0.39, 0.29) is 18.6 Å². The Morgan fingerprint density at radius 1 is 1.37 bits per heavy atom. The highest BCUT2D eigenvalue weighted by molar-refractivity contribution is 5.78. The number of rotatable bonds is 6. The molecule has 1 saturated heterocycles. The van der Waals surface area contributed by atoms with Crippen LogP contribution in [0.4, 0.5) is 0 Å². The van der Waals surface area contributed by atoms with E-state index in [9.17, 15) is 9.90 Å². The first-order valence-electron chi connectivity index (χ1n) is 6.95. The van der Waals surface area contributed by atoms with Gasteiger partial charge in [0.1, 0.15) is 0 Å². The molecule has 0 bridgehead atoms. The molecule has 2 rings (SSSR count). The Balaban J connectivity index is 1.67. The van der Waals surface area contributed by atoms with E-state index < -0.39 is 0 Å². The van der Waals surface area contributed by atoms with Gasteiger partial charge in [0, 0.05) is 12.6 Å². The SMILES string of the molecule is O=C(CN1CCCC1CO)NCCc1ccccc1. The molecule has 1 aliphatic rings. The van der Waals surface area contributed by atoms with Crippen LogP contribution in [0.25, 0.3) is 0 Å². The number of benzene rings is 1. The summed E-state index contributed by atoms with van der Waals surface area (Å²) in [4.78, 5) is 13.9. The first-order chi connectivity index (χ1) is 9.29. The van der Waals surface area contributed by atoms with Crippen molar-refractivity contribution >= 4 is 5.91 Å². The first kappa shape index (κ1) is 14.0. The van der Waals surface area contributed by atoms with E-state index in [1.54, 1.807) is 0 Å². The summed E-state index contributed by atoms with van der Waals surface area (Å²) < 4.78 is 0. The molecular formula is C15H22N2O2. The van der Waals surface area contributed by atoms with E-state index >= 15 is 0 Å². The number of hydrogen-bond acceptors (Lipinski definition) is 3. The normalized spacial score (nSPS) is 19.5. The van der Waals surface area contributed by atoms with Crippen molar-refractivity contribution in [3.8, 4) is 0 Å². The molecular weight excluding hydrogens is 240 g/mol. The largest absolute Gasteiger partial charge is 0.395 e. The Morgan fingerprint density at radius 3 is 2.89 bits per heavy atom. The second kappa shape index (κ2) is 7.26. The average molecular weight is 262 g/mol. The highest BCUT2D eigenvalue weighted by Crippen LogP contribution is 2.15. The van der Waals surface area contributed by atoms with Crippen LogP contribution in [0.5, 0.6) is 0 Å². The summed E-state index contributed by atoms with van der Waals surface area (Å²) in [6, 6.07) is 10.3. The minimum Gasteiger partial charge on any atom is -0.395 e. The van der Waals surface area contributed by atoms with Crippen LogP contribution >= 0.6 is 0 Å². The monoisotopic (exact) mass is 262 g/mol. The predicted molar refractivity (Wildman–Crippen MR) is 74.8 cm³/mol. The topological polar surface area (TPSA) is 52.6 Å². The van der Waals surface area contributed by atoms with Crippen LogP contribution in [0.2, 0.25) is 0 Å². The highest BCUT2D eigenvalue weighted by atomic mass is 16.3. The molecule has 1 unspecified atom stereocenters. The van der Waals surface area contributed by atoms with Gasteiger partial charge in [-0.05, 0) is 31.4 Å². The van der Waals surface area contributed by atoms with Crippen molar-refractivity contribution in [3.63, 3.8) is 0 Å². The van der Waals surface area contributed by atoms with Crippen LogP contribution in [-0.4, -0.2) is 48.2 Å². The van der Waals surface area contributed by atoms with Crippen molar-refractivity contribution in [3.05, 3.63) is 35.9 Å². The van der Waals surface area contributed by atoms with Crippen LogP contribution in [-0.2, 0) is 11.2 Å². The predicted octanol–water partition coefficient (Wildman–Crippen LogP) is 0.802. The highest BCUT2D eigenvalue weighted by Gasteiger charge is 2.25. The number of hydrogen-bond donors (Lipinski definition) is 2. The molecule has 1 amide bonds. The van der Waals surface area contributed by atoms with Gasteiger partial charge in [-0.3, -0.25) is 9.69 Å². The zero-order valence-corrected chi connectivity index (χ0v) is 11.2. The number of carbonyl (C=O) groups excluding carboxylic acids is 1. The number of likely N-dealkylation sites (tertiary alicyclic amines) is 1. The van der Waals surface area contributed by atoms with Crippen molar-refractivity contribution < 1.29 is 9.90 Å². The summed E-state index contributed by atoms with van der Waals surface area (Å²) in [7, 11) is 0. The van der Waals surface area contributed by atoms with E-state index in [0.717, 1.165) is 25.8 Å². The van der Waals surface area contributed by atoms with Gasteiger partial charge in [-0.25, -0.2) is 0 Å². The lowest BCUT2D eigenvalue weighted by Crippen LogP contribution is -2.41. The Hall–Kier alpha value is -1.39. The van der Waals surface area contributed by atoms with Crippen molar-refractivity contribution in [1.82, 2.24) is 10.2 Å². The molecule has 0 saturated carbocycles. The molecule has 1 aromatic rings. The van der Waals surface area contributed by atoms with E-state index in [1.807, 2.05) is 18.2 Å². The Morgan fingerprint density at radius 2 is 2.16 bits per heavy atom. The third-order valence-corrected chi connectivity index (χ3v) is 3.64. The molecule has 2 N–H and O–H groups in total. The van der Waals surface area contributed by atoms with Gasteiger partial charge in [0.2, 0.25) is 5.91 Å². The molecule has 19 heavy (non-hydrogen) atoms. The second-order valence-corrected chi connectivity index (χ2v) is 5.03. The van der Waals surface area contributed by atoms with Gasteiger partial charge in [0.15, 0.2) is 0 Å². The number of nitrogens with one attached hydrogen (secondary N) is 1. The maximum absolute atomic E-state index is 11.8. The lowest BCUT2D eigenvalue weighted by molar-refractivity contribution is -0.122. The average Bonchev–Trinajstić information content (AvgIpc) is 2.87. The zero-order chi connectivity index (χ0) is 13.5. The summed E-state index contributed by atoms with van der Waals surface area (Å²) in [6.07, 6.45) is 2.92. The molecule has 4 nitrogen and oxygen atoms in total. The summed E-state index contributed by atoms with van der Waals surface area (Å²) in [5.74, 6) is 0.0521. The van der Waals surface area contributed by atoms with Crippen molar-refractivity contribution in [2.45, 2.75) is 25.3 Å². The molecule has 1 aliphatic heterocycles. The van der Waals surface area contributed by atoms with Crippen LogP contribution in [0.1, 0.15) is 18.4 Å². The molecule has 4 heteroatoms. The molecule has 1 fully saturated rings. The van der Waals surface area contributed by atoms with Crippen LogP contribution in [0.15, 0.2) is 30.3 Å². The summed E-state index contributed by atoms with van der Waals surface area (Å²) in [6.45, 7) is 2.13.